The molecule has 3 heteroatoms. The van der Waals surface area contributed by atoms with Gasteiger partial charge in [-0.25, -0.2) is 4.98 Å². The van der Waals surface area contributed by atoms with Crippen LogP contribution in [0.25, 0.3) is 0 Å². The van der Waals surface area contributed by atoms with Gasteiger partial charge in [0, 0.05) is 10.3 Å². The molecule has 0 spiro atoms. The summed E-state index contributed by atoms with van der Waals surface area (Å²) in [7, 11) is 0. The highest BCUT2D eigenvalue weighted by Crippen LogP contribution is 2.23. The summed E-state index contributed by atoms with van der Waals surface area (Å²) >= 11 is 5.81. The highest BCUT2D eigenvalue weighted by atomic mass is 35.5. The van der Waals surface area contributed by atoms with Gasteiger partial charge in [-0.1, -0.05) is 11.6 Å². The minimum absolute atomic E-state index is 0.139. The highest BCUT2D eigenvalue weighted by molar-refractivity contribution is 6.31. The number of halogens is 1. The summed E-state index contributed by atoms with van der Waals surface area (Å²) in [6.45, 7) is 0.726. The molecule has 0 saturated carbocycles. The van der Waals surface area contributed by atoms with E-state index in [1.54, 1.807) is 12.1 Å². The van der Waals surface area contributed by atoms with Crippen molar-refractivity contribution in [2.75, 3.05) is 0 Å². The maximum Gasteiger partial charge on any atom is 0.233 e. The second-order valence-corrected chi connectivity index (χ2v) is 3.31. The number of hydrogen-bond donors (Lipinski definition) is 0. The van der Waals surface area contributed by atoms with Crippen LogP contribution in [0.5, 0.6) is 5.88 Å². The summed E-state index contributed by atoms with van der Waals surface area (Å²) in [5.74, 6) is 0.139. The van der Waals surface area contributed by atoms with Crippen molar-refractivity contribution in [3.05, 3.63) is 23.4 Å². The fraction of sp³-hybridized carbons (Fsp3) is 0.444. The van der Waals surface area contributed by atoms with Gasteiger partial charge >= 0.3 is 0 Å². The molecule has 0 aromatic carbocycles. The van der Waals surface area contributed by atoms with Gasteiger partial charge in [-0.05, 0) is 32.8 Å². The molecule has 1 heterocycles. The van der Waals surface area contributed by atoms with Crippen molar-refractivity contribution in [1.29, 1.82) is 0 Å². The van der Waals surface area contributed by atoms with Crippen LogP contribution in [0.2, 0.25) is 5.02 Å². The van der Waals surface area contributed by atoms with Crippen molar-refractivity contribution in [3.63, 3.8) is 0 Å². The average molecular weight is 189 g/mol. The number of rotatable bonds is 1. The van der Waals surface area contributed by atoms with E-state index < -0.39 is 12.5 Å². The van der Waals surface area contributed by atoms with Gasteiger partial charge in [0.1, 0.15) is 10.6 Å². The molecule has 12 heavy (non-hydrogen) atoms. The van der Waals surface area contributed by atoms with Crippen LogP contribution < -0.4 is 4.74 Å². The van der Waals surface area contributed by atoms with E-state index in [1.165, 1.54) is 20.0 Å². The first kappa shape index (κ1) is 5.81. The number of aromatic nitrogens is 1. The predicted molar refractivity (Wildman–Crippen MR) is 49.6 cm³/mol. The Balaban J connectivity index is 2.92. The van der Waals surface area contributed by atoms with Crippen LogP contribution in [0.3, 0.4) is 0 Å². The van der Waals surface area contributed by atoms with Gasteiger partial charge in [0.25, 0.3) is 0 Å². The molecule has 0 aliphatic heterocycles. The lowest BCUT2D eigenvalue weighted by atomic mass is 10.2. The van der Waals surface area contributed by atoms with Crippen LogP contribution in [-0.2, 0) is 0 Å². The van der Waals surface area contributed by atoms with Crippen LogP contribution in [0.15, 0.2) is 18.3 Å². The van der Waals surface area contributed by atoms with Crippen molar-refractivity contribution in [2.45, 2.75) is 26.3 Å². The third-order valence-corrected chi connectivity index (χ3v) is 1.36. The number of hydrogen-bond acceptors (Lipinski definition) is 2. The monoisotopic (exact) mass is 188 g/mol. The maximum absolute atomic E-state index is 7.29. The Hall–Kier alpha value is -0.760. The van der Waals surface area contributed by atoms with Gasteiger partial charge in [0.15, 0.2) is 0 Å². The molecule has 0 radical (unpaired) electrons. The zero-order valence-corrected chi connectivity index (χ0v) is 7.72. The maximum atomic E-state index is 7.29. The molecule has 0 bridgehead atoms. The second-order valence-electron chi connectivity index (χ2n) is 2.90. The average Bonchev–Trinajstić information content (AvgIpc) is 2.06. The smallest absolute Gasteiger partial charge is 0.233 e. The van der Waals surface area contributed by atoms with E-state index in [0.29, 0.717) is 5.02 Å². The fourth-order valence-electron chi connectivity index (χ4n) is 0.688. The summed E-state index contributed by atoms with van der Waals surface area (Å²) in [5.41, 5.74) is -1.31. The summed E-state index contributed by atoms with van der Waals surface area (Å²) in [6.07, 6.45) is 1.50. The van der Waals surface area contributed by atoms with Gasteiger partial charge in [0.2, 0.25) is 5.88 Å². The summed E-state index contributed by atoms with van der Waals surface area (Å²) < 4.78 is 27.2. The Kier molecular flexibility index (Phi) is 1.61. The van der Waals surface area contributed by atoms with Crippen LogP contribution in [0.4, 0.5) is 0 Å². The molecule has 1 aromatic rings. The predicted octanol–water partition coefficient (Wildman–Crippen LogP) is 2.91. The zero-order valence-electron chi connectivity index (χ0n) is 9.97. The van der Waals surface area contributed by atoms with Crippen LogP contribution in [0.1, 0.15) is 24.8 Å². The minimum atomic E-state index is -2.23. The molecule has 0 saturated heterocycles. The second kappa shape index (κ2) is 3.31. The van der Waals surface area contributed by atoms with E-state index >= 15 is 0 Å². The zero-order chi connectivity index (χ0) is 11.7. The first-order valence-corrected chi connectivity index (χ1v) is 3.91. The fourth-order valence-corrected chi connectivity index (χ4v) is 0.848. The molecule has 0 atom stereocenters. The molecular weight excluding hydrogens is 174 g/mol. The van der Waals surface area contributed by atoms with Crippen molar-refractivity contribution < 1.29 is 8.85 Å². The molecule has 2 nitrogen and oxygen atoms in total. The Morgan fingerprint density at radius 3 is 3.00 bits per heavy atom. The summed E-state index contributed by atoms with van der Waals surface area (Å²) in [6, 6.07) is 3.25. The molecular formula is C9H12ClNO. The number of nitrogens with zero attached hydrogens (tertiary/aromatic N) is 1. The number of ether oxygens (including phenoxy) is 1. The third kappa shape index (κ3) is 2.70. The van der Waals surface area contributed by atoms with Crippen molar-refractivity contribution in [2.24, 2.45) is 0 Å². The molecule has 1 aromatic heterocycles. The lowest BCUT2D eigenvalue weighted by Crippen LogP contribution is -2.23. The summed E-state index contributed by atoms with van der Waals surface area (Å²) in [5, 5.41) is 0.301. The normalized spacial score (nSPS) is 16.1. The van der Waals surface area contributed by atoms with Crippen LogP contribution >= 0.6 is 11.6 Å². The van der Waals surface area contributed by atoms with E-state index in [2.05, 4.69) is 4.98 Å². The van der Waals surface area contributed by atoms with E-state index in [0.717, 1.165) is 0 Å². The standard InChI is InChI=1S/C9H12ClNO/c1-9(2,3)12-8-7(10)5-4-6-11-8/h4-6H,1-3H3/i1D3. The van der Waals surface area contributed by atoms with E-state index in [9.17, 15) is 0 Å². The largest absolute Gasteiger partial charge is 0.471 e. The Morgan fingerprint density at radius 1 is 1.67 bits per heavy atom. The molecule has 0 N–H and O–H groups in total. The topological polar surface area (TPSA) is 22.1 Å². The molecule has 0 fully saturated rings. The quantitative estimate of drug-likeness (QED) is 0.676. The molecule has 0 unspecified atom stereocenters. The number of pyridine rings is 1. The molecule has 1 rings (SSSR count). The Morgan fingerprint density at radius 2 is 2.42 bits per heavy atom. The van der Waals surface area contributed by atoms with Crippen LogP contribution in [-0.4, -0.2) is 10.6 Å². The molecule has 0 amide bonds. The van der Waals surface area contributed by atoms with Gasteiger partial charge in [-0.3, -0.25) is 0 Å². The summed E-state index contributed by atoms with van der Waals surface area (Å²) in [4.78, 5) is 3.87. The molecule has 66 valence electrons. The van der Waals surface area contributed by atoms with Crippen molar-refractivity contribution in [3.8, 4) is 5.88 Å². The van der Waals surface area contributed by atoms with Crippen molar-refractivity contribution in [1.82, 2.24) is 4.98 Å². The molecule has 0 aliphatic carbocycles. The first-order valence-electron chi connectivity index (χ1n) is 5.03. The van der Waals surface area contributed by atoms with Gasteiger partial charge in [-0.2, -0.15) is 0 Å². The SMILES string of the molecule is [2H]C([2H])([2H])C(C)(C)Oc1ncccc1Cl. The highest BCUT2D eigenvalue weighted by Gasteiger charge is 2.14. The molecule has 0 aliphatic rings. The lowest BCUT2D eigenvalue weighted by molar-refractivity contribution is 0.124. The van der Waals surface area contributed by atoms with E-state index in [1.807, 2.05) is 0 Å². The van der Waals surface area contributed by atoms with Crippen molar-refractivity contribution >= 4 is 11.6 Å². The lowest BCUT2D eigenvalue weighted by Gasteiger charge is -2.20. The van der Waals surface area contributed by atoms with Crippen LogP contribution in [0, 0.1) is 0 Å². The van der Waals surface area contributed by atoms with Gasteiger partial charge in [-0.15, -0.1) is 0 Å². The minimum Gasteiger partial charge on any atom is -0.471 e. The van der Waals surface area contributed by atoms with Gasteiger partial charge in [0.05, 0.1) is 0 Å². The Bertz CT molecular complexity index is 351. The first-order chi connectivity index (χ1) is 6.74. The third-order valence-electron chi connectivity index (χ3n) is 1.08. The Labute approximate surface area is 81.7 Å². The van der Waals surface area contributed by atoms with E-state index in [4.69, 9.17) is 20.5 Å². The van der Waals surface area contributed by atoms with E-state index in [-0.39, 0.29) is 5.88 Å². The van der Waals surface area contributed by atoms with Gasteiger partial charge < -0.3 is 4.74 Å².